The van der Waals surface area contributed by atoms with Crippen LogP contribution in [0.2, 0.25) is 0 Å². The van der Waals surface area contributed by atoms with Crippen molar-refractivity contribution in [1.29, 1.82) is 0 Å². The van der Waals surface area contributed by atoms with E-state index in [-0.39, 0.29) is 22.8 Å². The highest BCUT2D eigenvalue weighted by molar-refractivity contribution is 5.93. The van der Waals surface area contributed by atoms with Crippen LogP contribution in [-0.4, -0.2) is 66.4 Å². The van der Waals surface area contributed by atoms with Crippen molar-refractivity contribution in [1.82, 2.24) is 15.1 Å². The van der Waals surface area contributed by atoms with E-state index in [1.807, 2.05) is 24.3 Å². The first-order valence-corrected chi connectivity index (χ1v) is 11.1. The number of piperazine rings is 1. The monoisotopic (exact) mass is 416 g/mol. The number of rotatable bonds is 8. The number of carbonyl (C=O) groups excluding carboxylic acids is 2. The third-order valence-corrected chi connectivity index (χ3v) is 5.32. The molecule has 0 radical (unpaired) electrons. The zero-order chi connectivity index (χ0) is 22.4. The van der Waals surface area contributed by atoms with Gasteiger partial charge in [0.05, 0.1) is 13.1 Å². The number of anilines is 1. The lowest BCUT2D eigenvalue weighted by Crippen LogP contribution is -2.53. The third kappa shape index (κ3) is 8.44. The Morgan fingerprint density at radius 2 is 1.43 bits per heavy atom. The molecule has 1 aromatic rings. The number of carbonyl (C=O) groups is 2. The van der Waals surface area contributed by atoms with Gasteiger partial charge < -0.3 is 10.6 Å². The molecular formula is C24H40N4O2. The average molecular weight is 417 g/mol. The van der Waals surface area contributed by atoms with Gasteiger partial charge in [-0.3, -0.25) is 19.4 Å². The first-order valence-electron chi connectivity index (χ1n) is 11.1. The second-order valence-electron chi connectivity index (χ2n) is 10.3. The molecule has 1 fully saturated rings. The summed E-state index contributed by atoms with van der Waals surface area (Å²) in [6.07, 6.45) is 1.82. The molecule has 0 atom stereocenters. The van der Waals surface area contributed by atoms with Crippen LogP contribution in [0.5, 0.6) is 0 Å². The maximum Gasteiger partial charge on any atom is 0.238 e. The van der Waals surface area contributed by atoms with Crippen LogP contribution in [0.15, 0.2) is 24.3 Å². The number of amides is 2. The lowest BCUT2D eigenvalue weighted by molar-refractivity contribution is -0.125. The number of para-hydroxylation sites is 1. The number of nitrogens with zero attached hydrogens (tertiary/aromatic N) is 2. The minimum atomic E-state index is -0.218. The molecule has 0 bridgehead atoms. The third-order valence-electron chi connectivity index (χ3n) is 5.32. The van der Waals surface area contributed by atoms with Crippen LogP contribution in [0.25, 0.3) is 0 Å². The molecule has 1 aliphatic rings. The van der Waals surface area contributed by atoms with E-state index in [9.17, 15) is 9.59 Å². The fourth-order valence-electron chi connectivity index (χ4n) is 4.44. The van der Waals surface area contributed by atoms with Gasteiger partial charge in [-0.05, 0) is 43.7 Å². The Kier molecular flexibility index (Phi) is 8.44. The minimum absolute atomic E-state index is 0.0195. The van der Waals surface area contributed by atoms with E-state index < -0.39 is 0 Å². The standard InChI is InChI=1S/C24H40N4O2/c1-7-19-10-8-9-11-20(19)25-21(29)16-27-12-14-28(15-13-27)17-22(30)26-24(5,6)18-23(2,3)4/h8-11H,7,12-18H2,1-6H3,(H,25,29)(H,26,30). The normalized spacial score (nSPS) is 16.3. The van der Waals surface area contributed by atoms with Gasteiger partial charge in [-0.2, -0.15) is 0 Å². The maximum atomic E-state index is 12.5. The van der Waals surface area contributed by atoms with E-state index in [4.69, 9.17) is 0 Å². The summed E-state index contributed by atoms with van der Waals surface area (Å²) < 4.78 is 0. The van der Waals surface area contributed by atoms with Crippen molar-refractivity contribution in [2.45, 2.75) is 59.9 Å². The van der Waals surface area contributed by atoms with Crippen LogP contribution >= 0.6 is 0 Å². The van der Waals surface area contributed by atoms with Gasteiger partial charge in [0.1, 0.15) is 0 Å². The molecule has 168 valence electrons. The quantitative estimate of drug-likeness (QED) is 0.683. The van der Waals surface area contributed by atoms with E-state index in [0.717, 1.165) is 50.3 Å². The summed E-state index contributed by atoms with van der Waals surface area (Å²) in [7, 11) is 0. The first kappa shape index (κ1) is 24.4. The molecule has 2 rings (SSSR count). The smallest absolute Gasteiger partial charge is 0.238 e. The van der Waals surface area contributed by atoms with E-state index in [1.54, 1.807) is 0 Å². The molecule has 2 amide bonds. The summed E-state index contributed by atoms with van der Waals surface area (Å²) in [4.78, 5) is 29.3. The van der Waals surface area contributed by atoms with Gasteiger partial charge in [-0.15, -0.1) is 0 Å². The van der Waals surface area contributed by atoms with Crippen LogP contribution in [0, 0.1) is 5.41 Å². The summed E-state index contributed by atoms with van der Waals surface area (Å²) in [5.74, 6) is 0.0950. The zero-order valence-electron chi connectivity index (χ0n) is 19.7. The Morgan fingerprint density at radius 1 is 0.900 bits per heavy atom. The Bertz CT molecular complexity index is 716. The van der Waals surface area contributed by atoms with E-state index in [2.05, 4.69) is 62.0 Å². The Balaban J connectivity index is 1.74. The van der Waals surface area contributed by atoms with Gasteiger partial charge in [-0.1, -0.05) is 45.9 Å². The number of hydrogen-bond donors (Lipinski definition) is 2. The molecule has 6 nitrogen and oxygen atoms in total. The SMILES string of the molecule is CCc1ccccc1NC(=O)CN1CCN(CC(=O)NC(C)(C)CC(C)(C)C)CC1. The molecule has 1 aliphatic heterocycles. The minimum Gasteiger partial charge on any atom is -0.350 e. The second-order valence-corrected chi connectivity index (χ2v) is 10.3. The number of nitrogens with one attached hydrogen (secondary N) is 2. The molecule has 0 aliphatic carbocycles. The largest absolute Gasteiger partial charge is 0.350 e. The highest BCUT2D eigenvalue weighted by Crippen LogP contribution is 2.26. The van der Waals surface area contributed by atoms with Gasteiger partial charge >= 0.3 is 0 Å². The molecule has 0 saturated carbocycles. The lowest BCUT2D eigenvalue weighted by atomic mass is 9.82. The van der Waals surface area contributed by atoms with Crippen LogP contribution < -0.4 is 10.6 Å². The molecule has 6 heteroatoms. The van der Waals surface area contributed by atoms with Crippen LogP contribution in [0.4, 0.5) is 5.69 Å². The maximum absolute atomic E-state index is 12.5. The van der Waals surface area contributed by atoms with E-state index in [1.165, 1.54) is 0 Å². The van der Waals surface area contributed by atoms with Crippen LogP contribution in [0.1, 0.15) is 53.5 Å². The molecule has 30 heavy (non-hydrogen) atoms. The average Bonchev–Trinajstić information content (AvgIpc) is 2.61. The van der Waals surface area contributed by atoms with Crippen molar-refractivity contribution in [2.24, 2.45) is 5.41 Å². The second kappa shape index (κ2) is 10.4. The van der Waals surface area contributed by atoms with Crippen molar-refractivity contribution in [3.8, 4) is 0 Å². The van der Waals surface area contributed by atoms with Gasteiger partial charge in [0, 0.05) is 37.4 Å². The lowest BCUT2D eigenvalue weighted by Gasteiger charge is -2.36. The predicted molar refractivity (Wildman–Crippen MR) is 124 cm³/mol. The fourth-order valence-corrected chi connectivity index (χ4v) is 4.44. The van der Waals surface area contributed by atoms with Crippen molar-refractivity contribution in [3.05, 3.63) is 29.8 Å². The summed E-state index contributed by atoms with van der Waals surface area (Å²) in [6.45, 7) is 16.8. The highest BCUT2D eigenvalue weighted by atomic mass is 16.2. The summed E-state index contributed by atoms with van der Waals surface area (Å²) >= 11 is 0. The molecule has 2 N–H and O–H groups in total. The fraction of sp³-hybridized carbons (Fsp3) is 0.667. The topological polar surface area (TPSA) is 64.7 Å². The van der Waals surface area contributed by atoms with Gasteiger partial charge in [0.25, 0.3) is 0 Å². The van der Waals surface area contributed by atoms with Crippen molar-refractivity contribution < 1.29 is 9.59 Å². The van der Waals surface area contributed by atoms with Crippen molar-refractivity contribution in [2.75, 3.05) is 44.6 Å². The molecule has 1 heterocycles. The Labute approximate surface area is 182 Å². The van der Waals surface area contributed by atoms with Gasteiger partial charge in [0.2, 0.25) is 11.8 Å². The first-order chi connectivity index (χ1) is 14.0. The molecular weight excluding hydrogens is 376 g/mol. The number of benzene rings is 1. The zero-order valence-corrected chi connectivity index (χ0v) is 19.7. The van der Waals surface area contributed by atoms with E-state index in [0.29, 0.717) is 13.1 Å². The highest BCUT2D eigenvalue weighted by Gasteiger charge is 2.28. The van der Waals surface area contributed by atoms with E-state index >= 15 is 0 Å². The Hall–Kier alpha value is -1.92. The summed E-state index contributed by atoms with van der Waals surface area (Å²) in [6, 6.07) is 7.94. The molecule has 0 unspecified atom stereocenters. The predicted octanol–water partition coefficient (Wildman–Crippen LogP) is 3.14. The van der Waals surface area contributed by atoms with Crippen LogP contribution in [-0.2, 0) is 16.0 Å². The van der Waals surface area contributed by atoms with Crippen LogP contribution in [0.3, 0.4) is 0 Å². The number of hydrogen-bond acceptors (Lipinski definition) is 4. The summed E-state index contributed by atoms with van der Waals surface area (Å²) in [5.41, 5.74) is 2.00. The summed E-state index contributed by atoms with van der Waals surface area (Å²) in [5, 5.41) is 6.22. The Morgan fingerprint density at radius 3 is 1.97 bits per heavy atom. The molecule has 1 aromatic carbocycles. The molecule has 1 saturated heterocycles. The van der Waals surface area contributed by atoms with Crippen molar-refractivity contribution >= 4 is 17.5 Å². The molecule has 0 spiro atoms. The van der Waals surface area contributed by atoms with Crippen molar-refractivity contribution in [3.63, 3.8) is 0 Å². The van der Waals surface area contributed by atoms with Gasteiger partial charge in [0.15, 0.2) is 0 Å². The van der Waals surface area contributed by atoms with Gasteiger partial charge in [-0.25, -0.2) is 0 Å². The molecule has 0 aromatic heterocycles. The number of aryl methyl sites for hydroxylation is 1.